The minimum atomic E-state index is -1.21. The fourth-order valence-corrected chi connectivity index (χ4v) is 2.28. The smallest absolute Gasteiger partial charge is 0.161 e. The van der Waals surface area contributed by atoms with E-state index in [1.54, 1.807) is 0 Å². The number of hydrogen-bond donors (Lipinski definition) is 0. The Bertz CT molecular complexity index is 596. The molecule has 0 amide bonds. The lowest BCUT2D eigenvalue weighted by atomic mass is 10.0. The van der Waals surface area contributed by atoms with Gasteiger partial charge in [-0.15, -0.1) is 11.6 Å². The van der Waals surface area contributed by atoms with Gasteiger partial charge in [-0.25, -0.2) is 13.2 Å². The fraction of sp³-hybridized carbons (Fsp3) is 0.200. The topological polar surface area (TPSA) is 0 Å². The third kappa shape index (κ3) is 3.29. The number of benzene rings is 2. The first kappa shape index (κ1) is 13.9. The molecule has 1 unspecified atom stereocenters. The number of rotatable bonds is 3. The van der Waals surface area contributed by atoms with E-state index >= 15 is 0 Å². The lowest BCUT2D eigenvalue weighted by molar-refractivity contribution is 0.489. The SMILES string of the molecule is Cc1cccc(CC(Cl)c2cc(F)c(F)cc2F)c1. The summed E-state index contributed by atoms with van der Waals surface area (Å²) < 4.78 is 39.5. The Balaban J connectivity index is 2.25. The quantitative estimate of drug-likeness (QED) is 0.553. The highest BCUT2D eigenvalue weighted by molar-refractivity contribution is 6.20. The van der Waals surface area contributed by atoms with Crippen LogP contribution in [0, 0.1) is 24.4 Å². The highest BCUT2D eigenvalue weighted by atomic mass is 35.5. The summed E-state index contributed by atoms with van der Waals surface area (Å²) in [6.07, 6.45) is 0.352. The molecule has 0 N–H and O–H groups in total. The molecule has 2 rings (SSSR count). The molecule has 0 aliphatic carbocycles. The maximum absolute atomic E-state index is 13.6. The molecule has 2 aromatic rings. The predicted molar refractivity (Wildman–Crippen MR) is 69.8 cm³/mol. The van der Waals surface area contributed by atoms with Gasteiger partial charge in [0.15, 0.2) is 11.6 Å². The molecule has 0 fully saturated rings. The largest absolute Gasteiger partial charge is 0.207 e. The van der Waals surface area contributed by atoms with E-state index in [-0.39, 0.29) is 5.56 Å². The number of hydrogen-bond acceptors (Lipinski definition) is 0. The Morgan fingerprint density at radius 2 is 1.68 bits per heavy atom. The van der Waals surface area contributed by atoms with E-state index in [2.05, 4.69) is 0 Å². The summed E-state index contributed by atoms with van der Waals surface area (Å²) in [6.45, 7) is 1.94. The van der Waals surface area contributed by atoms with E-state index in [0.717, 1.165) is 17.2 Å². The van der Waals surface area contributed by atoms with Crippen molar-refractivity contribution in [3.8, 4) is 0 Å². The molecule has 1 atom stereocenters. The molecule has 0 spiro atoms. The Morgan fingerprint density at radius 3 is 2.37 bits per heavy atom. The monoisotopic (exact) mass is 284 g/mol. The molecule has 0 radical (unpaired) electrons. The molecule has 0 heterocycles. The first-order valence-electron chi connectivity index (χ1n) is 5.81. The van der Waals surface area contributed by atoms with Crippen molar-refractivity contribution < 1.29 is 13.2 Å². The van der Waals surface area contributed by atoms with Gasteiger partial charge in [0.25, 0.3) is 0 Å². The van der Waals surface area contributed by atoms with E-state index in [9.17, 15) is 13.2 Å². The third-order valence-corrected chi connectivity index (χ3v) is 3.26. The lowest BCUT2D eigenvalue weighted by Gasteiger charge is -2.12. The van der Waals surface area contributed by atoms with E-state index in [4.69, 9.17) is 11.6 Å². The van der Waals surface area contributed by atoms with Crippen molar-refractivity contribution >= 4 is 11.6 Å². The van der Waals surface area contributed by atoms with Gasteiger partial charge < -0.3 is 0 Å². The van der Waals surface area contributed by atoms with Gasteiger partial charge >= 0.3 is 0 Å². The zero-order valence-corrected chi connectivity index (χ0v) is 11.0. The molecule has 0 aliphatic heterocycles. The molecule has 0 aliphatic rings. The lowest BCUT2D eigenvalue weighted by Crippen LogP contribution is -2.02. The van der Waals surface area contributed by atoms with Crippen molar-refractivity contribution in [2.75, 3.05) is 0 Å². The summed E-state index contributed by atoms with van der Waals surface area (Å²) >= 11 is 6.09. The molecule has 0 saturated heterocycles. The van der Waals surface area contributed by atoms with Crippen LogP contribution in [0.1, 0.15) is 22.1 Å². The van der Waals surface area contributed by atoms with Crippen LogP contribution in [0.25, 0.3) is 0 Å². The first-order valence-corrected chi connectivity index (χ1v) is 6.25. The molecule has 0 bridgehead atoms. The van der Waals surface area contributed by atoms with Crippen molar-refractivity contribution in [2.45, 2.75) is 18.7 Å². The highest BCUT2D eigenvalue weighted by Gasteiger charge is 2.17. The van der Waals surface area contributed by atoms with Gasteiger partial charge in [0, 0.05) is 11.6 Å². The standard InChI is InChI=1S/C15H12ClF3/c1-9-3-2-4-10(5-9)6-12(16)11-7-14(18)15(19)8-13(11)17/h2-5,7-8,12H,6H2,1H3. The Hall–Kier alpha value is -1.48. The summed E-state index contributed by atoms with van der Waals surface area (Å²) in [6, 6.07) is 8.93. The average Bonchev–Trinajstić information content (AvgIpc) is 2.33. The molecule has 4 heteroatoms. The average molecular weight is 285 g/mol. The van der Waals surface area contributed by atoms with Crippen molar-refractivity contribution in [1.82, 2.24) is 0 Å². The predicted octanol–water partition coefficient (Wildman–Crippen LogP) is 4.93. The number of aryl methyl sites for hydroxylation is 1. The van der Waals surface area contributed by atoms with Crippen LogP contribution < -0.4 is 0 Å². The van der Waals surface area contributed by atoms with Crippen molar-refractivity contribution in [3.05, 3.63) is 70.5 Å². The van der Waals surface area contributed by atoms with Gasteiger partial charge in [-0.3, -0.25) is 0 Å². The van der Waals surface area contributed by atoms with Crippen LogP contribution in [0.4, 0.5) is 13.2 Å². The van der Waals surface area contributed by atoms with Crippen LogP contribution in [0.3, 0.4) is 0 Å². The van der Waals surface area contributed by atoms with Crippen molar-refractivity contribution in [1.29, 1.82) is 0 Å². The van der Waals surface area contributed by atoms with Crippen LogP contribution in [-0.4, -0.2) is 0 Å². The van der Waals surface area contributed by atoms with Gasteiger partial charge in [-0.1, -0.05) is 29.8 Å². The molecular formula is C15H12ClF3. The Labute approximate surface area is 114 Å². The molecule has 19 heavy (non-hydrogen) atoms. The molecule has 0 aromatic heterocycles. The van der Waals surface area contributed by atoms with Crippen LogP contribution >= 0.6 is 11.6 Å². The zero-order chi connectivity index (χ0) is 14.0. The second-order valence-corrected chi connectivity index (χ2v) is 4.98. The second kappa shape index (κ2) is 5.66. The van der Waals surface area contributed by atoms with Crippen LogP contribution in [0.15, 0.2) is 36.4 Å². The molecular weight excluding hydrogens is 273 g/mol. The highest BCUT2D eigenvalue weighted by Crippen LogP contribution is 2.29. The van der Waals surface area contributed by atoms with Gasteiger partial charge in [-0.2, -0.15) is 0 Å². The van der Waals surface area contributed by atoms with E-state index in [0.29, 0.717) is 12.5 Å². The van der Waals surface area contributed by atoms with Gasteiger partial charge in [0.1, 0.15) is 5.82 Å². The Morgan fingerprint density at radius 1 is 1.00 bits per heavy atom. The third-order valence-electron chi connectivity index (χ3n) is 2.87. The maximum Gasteiger partial charge on any atom is 0.161 e. The summed E-state index contributed by atoms with van der Waals surface area (Å²) in [4.78, 5) is 0. The maximum atomic E-state index is 13.6. The van der Waals surface area contributed by atoms with Crippen molar-refractivity contribution in [2.24, 2.45) is 0 Å². The summed E-state index contributed by atoms with van der Waals surface area (Å²) in [5, 5.41) is -0.739. The second-order valence-electron chi connectivity index (χ2n) is 4.45. The summed E-state index contributed by atoms with van der Waals surface area (Å²) in [7, 11) is 0. The molecule has 2 aromatic carbocycles. The number of halogens is 4. The van der Waals surface area contributed by atoms with Crippen LogP contribution in [0.2, 0.25) is 0 Å². The van der Waals surface area contributed by atoms with Crippen LogP contribution in [0.5, 0.6) is 0 Å². The normalized spacial score (nSPS) is 12.5. The van der Waals surface area contributed by atoms with Crippen molar-refractivity contribution in [3.63, 3.8) is 0 Å². The Kier molecular flexibility index (Phi) is 4.15. The zero-order valence-electron chi connectivity index (χ0n) is 10.3. The molecule has 100 valence electrons. The number of alkyl halides is 1. The minimum Gasteiger partial charge on any atom is -0.207 e. The van der Waals surface area contributed by atoms with E-state index in [1.165, 1.54) is 0 Å². The van der Waals surface area contributed by atoms with Gasteiger partial charge in [0.2, 0.25) is 0 Å². The van der Waals surface area contributed by atoms with Crippen LogP contribution in [-0.2, 0) is 6.42 Å². The van der Waals surface area contributed by atoms with E-state index in [1.807, 2.05) is 31.2 Å². The fourth-order valence-electron chi connectivity index (χ4n) is 1.93. The molecule has 0 nitrogen and oxygen atoms in total. The first-order chi connectivity index (χ1) is 8.97. The summed E-state index contributed by atoms with van der Waals surface area (Å²) in [5.74, 6) is -3.13. The van der Waals surface area contributed by atoms with Gasteiger partial charge in [0.05, 0.1) is 5.38 Å². The minimum absolute atomic E-state index is 0.0259. The molecule has 0 saturated carbocycles. The van der Waals surface area contributed by atoms with Gasteiger partial charge in [-0.05, 0) is 25.0 Å². The van der Waals surface area contributed by atoms with E-state index < -0.39 is 22.8 Å². The summed E-state index contributed by atoms with van der Waals surface area (Å²) in [5.41, 5.74) is 1.96.